The van der Waals surface area contributed by atoms with Crippen LogP contribution in [0.3, 0.4) is 0 Å². The molecule has 1 aromatic carbocycles. The van der Waals surface area contributed by atoms with E-state index in [2.05, 4.69) is 11.5 Å². The van der Waals surface area contributed by atoms with Crippen LogP contribution in [0.5, 0.6) is 5.75 Å². The number of hydrogen-bond donors (Lipinski definition) is 0. The van der Waals surface area contributed by atoms with Crippen LogP contribution in [-0.2, 0) is 20.9 Å². The average molecular weight is 354 g/mol. The lowest BCUT2D eigenvalue weighted by atomic mass is 9.64. The van der Waals surface area contributed by atoms with Crippen LogP contribution in [0.25, 0.3) is 11.0 Å². The first-order chi connectivity index (χ1) is 12.6. The minimum absolute atomic E-state index is 0.0396. The zero-order valence-electron chi connectivity index (χ0n) is 15.0. The number of esters is 1. The highest BCUT2D eigenvalue weighted by Crippen LogP contribution is 2.62. The summed E-state index contributed by atoms with van der Waals surface area (Å²) < 4.78 is 20.0. The molecule has 0 unspecified atom stereocenters. The topological polar surface area (TPSA) is 62.6 Å². The van der Waals surface area contributed by atoms with Gasteiger partial charge in [-0.2, -0.15) is 0 Å². The zero-order chi connectivity index (χ0) is 17.6. The number of carbonyl (C=O) groups is 1. The fourth-order valence-electron chi connectivity index (χ4n) is 6.28. The van der Waals surface area contributed by atoms with Crippen molar-refractivity contribution in [2.24, 2.45) is 17.8 Å². The summed E-state index contributed by atoms with van der Waals surface area (Å²) in [5.41, 5.74) is 1.49. The van der Waals surface area contributed by atoms with Crippen LogP contribution in [0.15, 0.2) is 18.2 Å². The van der Waals surface area contributed by atoms with Crippen LogP contribution in [0, 0.1) is 17.8 Å². The lowest BCUT2D eigenvalue weighted by molar-refractivity contribution is -0.154. The normalized spacial score (nSPS) is 40.1. The van der Waals surface area contributed by atoms with Gasteiger partial charge in [0.1, 0.15) is 35.8 Å². The van der Waals surface area contributed by atoms with Gasteiger partial charge in [0.15, 0.2) is 0 Å². The predicted octanol–water partition coefficient (Wildman–Crippen LogP) is 2.85. The third kappa shape index (κ3) is 1.58. The molecule has 0 radical (unpaired) electrons. The number of nitrogens with zero attached hydrogens (tertiary/aromatic N) is 2. The highest BCUT2D eigenvalue weighted by atomic mass is 16.6. The van der Waals surface area contributed by atoms with Crippen molar-refractivity contribution >= 4 is 17.0 Å². The molecular weight excluding hydrogens is 332 g/mol. The van der Waals surface area contributed by atoms with Gasteiger partial charge in [0, 0.05) is 6.07 Å². The van der Waals surface area contributed by atoms with Gasteiger partial charge in [0.25, 0.3) is 0 Å². The summed E-state index contributed by atoms with van der Waals surface area (Å²) in [6.07, 6.45) is 3.00. The summed E-state index contributed by atoms with van der Waals surface area (Å²) >= 11 is 0. The molecule has 1 aromatic heterocycles. The number of ether oxygens (including phenoxy) is 3. The Hall–Kier alpha value is -2.08. The maximum Gasteiger partial charge on any atom is 0.314 e. The van der Waals surface area contributed by atoms with E-state index in [1.165, 1.54) is 0 Å². The van der Waals surface area contributed by atoms with E-state index in [0.29, 0.717) is 18.4 Å². The summed E-state index contributed by atoms with van der Waals surface area (Å²) in [5.74, 6) is 2.17. The van der Waals surface area contributed by atoms with Gasteiger partial charge in [-0.3, -0.25) is 4.79 Å². The van der Waals surface area contributed by atoms with Crippen molar-refractivity contribution in [1.82, 2.24) is 9.55 Å². The smallest absolute Gasteiger partial charge is 0.314 e. The molecule has 2 bridgehead atoms. The van der Waals surface area contributed by atoms with Gasteiger partial charge in [-0.25, -0.2) is 4.98 Å². The lowest BCUT2D eigenvalue weighted by Crippen LogP contribution is -2.54. The molecule has 6 heteroatoms. The minimum Gasteiger partial charge on any atom is -0.497 e. The van der Waals surface area contributed by atoms with E-state index in [-0.39, 0.29) is 24.0 Å². The predicted molar refractivity (Wildman–Crippen MR) is 92.7 cm³/mol. The molecule has 2 aromatic rings. The second-order valence-corrected chi connectivity index (χ2v) is 8.28. The Morgan fingerprint density at radius 2 is 2.23 bits per heavy atom. The molecule has 0 N–H and O–H groups in total. The van der Waals surface area contributed by atoms with Crippen molar-refractivity contribution in [3.8, 4) is 5.75 Å². The molecule has 2 aliphatic heterocycles. The Bertz CT molecular complexity index is 937. The van der Waals surface area contributed by atoms with Gasteiger partial charge in [-0.15, -0.1) is 0 Å². The number of fused-ring (bicyclic) bond motifs is 4. The second kappa shape index (κ2) is 4.80. The van der Waals surface area contributed by atoms with Crippen molar-refractivity contribution < 1.29 is 19.0 Å². The van der Waals surface area contributed by atoms with Gasteiger partial charge in [0.2, 0.25) is 0 Å². The molecule has 1 saturated heterocycles. The Morgan fingerprint density at radius 1 is 1.35 bits per heavy atom. The Balaban J connectivity index is 1.60. The summed E-state index contributed by atoms with van der Waals surface area (Å²) in [5, 5.41) is 0. The molecule has 1 spiro atoms. The van der Waals surface area contributed by atoms with E-state index in [9.17, 15) is 4.79 Å². The van der Waals surface area contributed by atoms with Crippen molar-refractivity contribution in [3.63, 3.8) is 0 Å². The number of methoxy groups -OCH3 is 1. The SMILES string of the molecule is COc1ccc2c(c1)nc1n2[C@@H]2[C@@H](C)C[C@H]3CC[C@H]4OC(=O)[C@@H]2[C@@]34OC1. The van der Waals surface area contributed by atoms with Gasteiger partial charge in [0.05, 0.1) is 24.2 Å². The van der Waals surface area contributed by atoms with Crippen molar-refractivity contribution in [1.29, 1.82) is 0 Å². The zero-order valence-corrected chi connectivity index (χ0v) is 15.0. The van der Waals surface area contributed by atoms with Crippen LogP contribution in [-0.4, -0.2) is 34.3 Å². The molecule has 6 nitrogen and oxygen atoms in total. The van der Waals surface area contributed by atoms with E-state index in [4.69, 9.17) is 19.2 Å². The Morgan fingerprint density at radius 3 is 3.08 bits per heavy atom. The Kier molecular flexibility index (Phi) is 2.77. The molecule has 2 aliphatic carbocycles. The molecule has 6 atom stereocenters. The van der Waals surface area contributed by atoms with Gasteiger partial charge >= 0.3 is 5.97 Å². The maximum absolute atomic E-state index is 12.9. The molecule has 6 rings (SSSR count). The molecule has 26 heavy (non-hydrogen) atoms. The number of imidazole rings is 1. The fraction of sp³-hybridized carbons (Fsp3) is 0.600. The van der Waals surface area contributed by atoms with Crippen molar-refractivity contribution in [3.05, 3.63) is 24.0 Å². The first-order valence-corrected chi connectivity index (χ1v) is 9.53. The minimum atomic E-state index is -0.451. The number of aromatic nitrogens is 2. The molecule has 2 saturated carbocycles. The van der Waals surface area contributed by atoms with E-state index >= 15 is 0 Å². The van der Waals surface area contributed by atoms with E-state index in [0.717, 1.165) is 41.9 Å². The maximum atomic E-state index is 12.9. The first-order valence-electron chi connectivity index (χ1n) is 9.53. The van der Waals surface area contributed by atoms with E-state index in [1.807, 2.05) is 18.2 Å². The Labute approximate surface area is 151 Å². The number of benzene rings is 1. The highest BCUT2D eigenvalue weighted by molar-refractivity contribution is 5.81. The quantitative estimate of drug-likeness (QED) is 0.737. The number of carbonyl (C=O) groups excluding carboxylic acids is 1. The summed E-state index contributed by atoms with van der Waals surface area (Å²) in [6, 6.07) is 6.00. The molecular formula is C20H22N2O4. The van der Waals surface area contributed by atoms with Crippen LogP contribution in [0.1, 0.15) is 38.1 Å². The molecule has 136 valence electrons. The van der Waals surface area contributed by atoms with Crippen LogP contribution < -0.4 is 4.74 Å². The molecule has 0 amide bonds. The van der Waals surface area contributed by atoms with E-state index in [1.54, 1.807) is 7.11 Å². The largest absolute Gasteiger partial charge is 0.497 e. The van der Waals surface area contributed by atoms with Gasteiger partial charge < -0.3 is 18.8 Å². The average Bonchev–Trinajstić information content (AvgIpc) is 3.22. The third-order valence-corrected chi connectivity index (χ3v) is 7.22. The second-order valence-electron chi connectivity index (χ2n) is 8.28. The van der Waals surface area contributed by atoms with Gasteiger partial charge in [-0.05, 0) is 43.2 Å². The van der Waals surface area contributed by atoms with Crippen molar-refractivity contribution in [2.45, 2.75) is 50.5 Å². The van der Waals surface area contributed by atoms with Crippen LogP contribution in [0.2, 0.25) is 0 Å². The van der Waals surface area contributed by atoms with E-state index < -0.39 is 5.60 Å². The summed E-state index contributed by atoms with van der Waals surface area (Å²) in [7, 11) is 1.66. The van der Waals surface area contributed by atoms with Crippen LogP contribution >= 0.6 is 0 Å². The fourth-order valence-corrected chi connectivity index (χ4v) is 6.28. The van der Waals surface area contributed by atoms with Gasteiger partial charge in [-0.1, -0.05) is 6.92 Å². The third-order valence-electron chi connectivity index (χ3n) is 7.22. The monoisotopic (exact) mass is 354 g/mol. The number of rotatable bonds is 1. The first kappa shape index (κ1) is 15.0. The standard InChI is InChI=1S/C20H22N2O4/c1-10-7-11-3-6-15-20(11)17(19(23)26-15)18(10)22-14-5-4-12(24-2)8-13(14)21-16(22)9-25-20/h4-5,8,10-11,15,17-18H,3,6-7,9H2,1-2H3/t10-,11+,15+,17+,18+,20+/m0/s1. The molecule has 4 aliphatic rings. The van der Waals surface area contributed by atoms with Crippen LogP contribution in [0.4, 0.5) is 0 Å². The van der Waals surface area contributed by atoms with Crippen molar-refractivity contribution in [2.75, 3.05) is 7.11 Å². The summed E-state index contributed by atoms with van der Waals surface area (Å²) in [4.78, 5) is 17.8. The lowest BCUT2D eigenvalue weighted by Gasteiger charge is -2.46. The summed E-state index contributed by atoms with van der Waals surface area (Å²) in [6.45, 7) is 2.69. The molecule has 3 fully saturated rings. The molecule has 3 heterocycles. The highest BCUT2D eigenvalue weighted by Gasteiger charge is 2.71. The number of hydrogen-bond acceptors (Lipinski definition) is 5.